The molecular formula is C11H15NO. The lowest BCUT2D eigenvalue weighted by Gasteiger charge is -2.08. The van der Waals surface area contributed by atoms with E-state index in [0.717, 1.165) is 23.4 Å². The number of nitrogens with two attached hydrogens (primary N) is 1. The Kier molecular flexibility index (Phi) is 1.72. The largest absolute Gasteiger partial charge is 0.490 e. The van der Waals surface area contributed by atoms with Crippen molar-refractivity contribution in [1.82, 2.24) is 0 Å². The van der Waals surface area contributed by atoms with Crippen LogP contribution in [0.5, 0.6) is 5.75 Å². The Morgan fingerprint density at radius 2 is 2.15 bits per heavy atom. The fraction of sp³-hybridized carbons (Fsp3) is 0.455. The van der Waals surface area contributed by atoms with Crippen LogP contribution in [0.4, 0.5) is 5.69 Å². The molecule has 0 aromatic heterocycles. The lowest BCUT2D eigenvalue weighted by Crippen LogP contribution is -2.05. The second-order valence-electron chi connectivity index (χ2n) is 3.84. The summed E-state index contributed by atoms with van der Waals surface area (Å²) in [5, 5.41) is 0. The molecule has 0 fully saturated rings. The van der Waals surface area contributed by atoms with Gasteiger partial charge in [-0.05, 0) is 38.0 Å². The summed E-state index contributed by atoms with van der Waals surface area (Å²) in [5.41, 5.74) is 10.5. The zero-order valence-electron chi connectivity index (χ0n) is 8.35. The van der Waals surface area contributed by atoms with Crippen molar-refractivity contribution >= 4 is 5.69 Å². The van der Waals surface area contributed by atoms with Crippen LogP contribution in [-0.2, 0) is 6.42 Å². The molecule has 1 atom stereocenters. The van der Waals surface area contributed by atoms with Crippen LogP contribution < -0.4 is 10.5 Å². The highest BCUT2D eigenvalue weighted by molar-refractivity contribution is 5.62. The van der Waals surface area contributed by atoms with Gasteiger partial charge in [0.15, 0.2) is 0 Å². The van der Waals surface area contributed by atoms with Crippen LogP contribution in [0.1, 0.15) is 23.6 Å². The number of rotatable bonds is 0. The number of hydrogen-bond acceptors (Lipinski definition) is 2. The molecule has 0 radical (unpaired) electrons. The fourth-order valence-corrected chi connectivity index (χ4v) is 1.91. The fourth-order valence-electron chi connectivity index (χ4n) is 1.91. The molecule has 13 heavy (non-hydrogen) atoms. The number of benzene rings is 1. The molecule has 0 amide bonds. The van der Waals surface area contributed by atoms with Crippen molar-refractivity contribution in [2.75, 3.05) is 5.73 Å². The predicted octanol–water partition coefficient (Wildman–Crippen LogP) is 2.21. The molecule has 1 aliphatic rings. The van der Waals surface area contributed by atoms with Gasteiger partial charge < -0.3 is 10.5 Å². The topological polar surface area (TPSA) is 35.2 Å². The van der Waals surface area contributed by atoms with Crippen LogP contribution in [0, 0.1) is 13.8 Å². The summed E-state index contributed by atoms with van der Waals surface area (Å²) in [7, 11) is 0. The summed E-state index contributed by atoms with van der Waals surface area (Å²) >= 11 is 0. The van der Waals surface area contributed by atoms with Gasteiger partial charge in [-0.1, -0.05) is 0 Å². The van der Waals surface area contributed by atoms with Gasteiger partial charge in [-0.3, -0.25) is 0 Å². The first-order valence-electron chi connectivity index (χ1n) is 4.65. The quantitative estimate of drug-likeness (QED) is 0.617. The molecule has 0 saturated heterocycles. The highest BCUT2D eigenvalue weighted by Crippen LogP contribution is 2.36. The van der Waals surface area contributed by atoms with Gasteiger partial charge in [0, 0.05) is 17.7 Å². The number of anilines is 1. The van der Waals surface area contributed by atoms with E-state index in [1.807, 2.05) is 13.0 Å². The molecule has 2 rings (SSSR count). The Morgan fingerprint density at radius 3 is 2.85 bits per heavy atom. The van der Waals surface area contributed by atoms with E-state index in [-0.39, 0.29) is 0 Å². The van der Waals surface area contributed by atoms with Crippen LogP contribution in [0.3, 0.4) is 0 Å². The third-order valence-electron chi connectivity index (χ3n) is 2.75. The van der Waals surface area contributed by atoms with Gasteiger partial charge in [-0.25, -0.2) is 0 Å². The van der Waals surface area contributed by atoms with E-state index in [1.165, 1.54) is 11.1 Å². The summed E-state index contributed by atoms with van der Waals surface area (Å²) in [6, 6.07) is 2.04. The Morgan fingerprint density at radius 1 is 1.46 bits per heavy atom. The molecule has 0 saturated carbocycles. The summed E-state index contributed by atoms with van der Waals surface area (Å²) in [6.07, 6.45) is 1.29. The summed E-state index contributed by atoms with van der Waals surface area (Å²) in [6.45, 7) is 6.18. The molecule has 1 unspecified atom stereocenters. The van der Waals surface area contributed by atoms with Gasteiger partial charge in [0.25, 0.3) is 0 Å². The second-order valence-corrected chi connectivity index (χ2v) is 3.84. The van der Waals surface area contributed by atoms with Gasteiger partial charge in [-0.2, -0.15) is 0 Å². The zero-order chi connectivity index (χ0) is 9.59. The predicted molar refractivity (Wildman–Crippen MR) is 54.1 cm³/mol. The summed E-state index contributed by atoms with van der Waals surface area (Å²) in [4.78, 5) is 0. The van der Waals surface area contributed by atoms with Crippen LogP contribution in [-0.4, -0.2) is 6.10 Å². The van der Waals surface area contributed by atoms with Crippen molar-refractivity contribution in [2.45, 2.75) is 33.3 Å². The highest BCUT2D eigenvalue weighted by atomic mass is 16.5. The Bertz CT molecular complexity index is 358. The second kappa shape index (κ2) is 2.66. The van der Waals surface area contributed by atoms with Gasteiger partial charge in [0.1, 0.15) is 11.9 Å². The van der Waals surface area contributed by atoms with E-state index in [2.05, 4.69) is 13.8 Å². The van der Waals surface area contributed by atoms with E-state index in [0.29, 0.717) is 6.10 Å². The molecule has 2 heteroatoms. The van der Waals surface area contributed by atoms with Crippen LogP contribution in [0.15, 0.2) is 6.07 Å². The van der Waals surface area contributed by atoms with E-state index in [4.69, 9.17) is 10.5 Å². The number of nitrogen functional groups attached to an aromatic ring is 1. The maximum atomic E-state index is 5.94. The molecule has 1 aromatic carbocycles. The van der Waals surface area contributed by atoms with E-state index >= 15 is 0 Å². The number of fused-ring (bicyclic) bond motifs is 1. The number of hydrogen-bond donors (Lipinski definition) is 1. The van der Waals surface area contributed by atoms with Gasteiger partial charge >= 0.3 is 0 Å². The van der Waals surface area contributed by atoms with Crippen molar-refractivity contribution in [3.63, 3.8) is 0 Å². The Balaban J connectivity index is 2.60. The van der Waals surface area contributed by atoms with Gasteiger partial charge in [-0.15, -0.1) is 0 Å². The first-order chi connectivity index (χ1) is 6.09. The average molecular weight is 177 g/mol. The zero-order valence-corrected chi connectivity index (χ0v) is 8.35. The van der Waals surface area contributed by atoms with Crippen molar-refractivity contribution < 1.29 is 4.74 Å². The van der Waals surface area contributed by atoms with Crippen LogP contribution >= 0.6 is 0 Å². The van der Waals surface area contributed by atoms with Crippen molar-refractivity contribution in [2.24, 2.45) is 0 Å². The third kappa shape index (κ3) is 1.17. The highest BCUT2D eigenvalue weighted by Gasteiger charge is 2.22. The first kappa shape index (κ1) is 8.42. The van der Waals surface area contributed by atoms with E-state index in [1.54, 1.807) is 0 Å². The normalized spacial score (nSPS) is 19.8. The minimum absolute atomic E-state index is 0.301. The maximum absolute atomic E-state index is 5.94. The molecule has 2 N–H and O–H groups in total. The van der Waals surface area contributed by atoms with Gasteiger partial charge in [0.05, 0.1) is 0 Å². The van der Waals surface area contributed by atoms with Crippen LogP contribution in [0.25, 0.3) is 0 Å². The molecule has 2 nitrogen and oxygen atoms in total. The van der Waals surface area contributed by atoms with E-state index in [9.17, 15) is 0 Å². The molecule has 0 bridgehead atoms. The minimum Gasteiger partial charge on any atom is -0.490 e. The van der Waals surface area contributed by atoms with Crippen molar-refractivity contribution in [3.8, 4) is 5.75 Å². The average Bonchev–Trinajstić information content (AvgIpc) is 2.42. The Hall–Kier alpha value is -1.18. The van der Waals surface area contributed by atoms with Crippen molar-refractivity contribution in [1.29, 1.82) is 0 Å². The number of aryl methyl sites for hydroxylation is 1. The molecular weight excluding hydrogens is 162 g/mol. The lowest BCUT2D eigenvalue weighted by atomic mass is 10.00. The molecule has 1 heterocycles. The van der Waals surface area contributed by atoms with Gasteiger partial charge in [0.2, 0.25) is 0 Å². The maximum Gasteiger partial charge on any atom is 0.123 e. The van der Waals surface area contributed by atoms with E-state index < -0.39 is 0 Å². The van der Waals surface area contributed by atoms with Crippen molar-refractivity contribution in [3.05, 3.63) is 22.8 Å². The first-order valence-corrected chi connectivity index (χ1v) is 4.65. The lowest BCUT2D eigenvalue weighted by molar-refractivity contribution is 0.254. The number of ether oxygens (including phenoxy) is 1. The standard InChI is InChI=1S/C11H15NO/c1-6-4-10-9(5-7(2)13-10)8(3)11(6)12/h4,7H,5,12H2,1-3H3. The molecule has 0 aliphatic carbocycles. The monoisotopic (exact) mass is 177 g/mol. The minimum atomic E-state index is 0.301. The summed E-state index contributed by atoms with van der Waals surface area (Å²) in [5.74, 6) is 1.02. The molecule has 1 aromatic rings. The van der Waals surface area contributed by atoms with Crippen LogP contribution in [0.2, 0.25) is 0 Å². The smallest absolute Gasteiger partial charge is 0.123 e. The Labute approximate surface area is 78.7 Å². The summed E-state index contributed by atoms with van der Waals surface area (Å²) < 4.78 is 5.67. The molecule has 0 spiro atoms. The molecule has 70 valence electrons. The third-order valence-corrected chi connectivity index (χ3v) is 2.75. The SMILES string of the molecule is Cc1cc2c(c(C)c1N)CC(C)O2. The molecule has 1 aliphatic heterocycles.